The van der Waals surface area contributed by atoms with Gasteiger partial charge in [0.25, 0.3) is 5.91 Å². The molecule has 3 unspecified atom stereocenters. The molecule has 2 N–H and O–H groups in total. The summed E-state index contributed by atoms with van der Waals surface area (Å²) in [6.45, 7) is 2.24. The summed E-state index contributed by atoms with van der Waals surface area (Å²) in [5.74, 6) is -2.23. The Morgan fingerprint density at radius 3 is 2.67 bits per heavy atom. The van der Waals surface area contributed by atoms with Gasteiger partial charge in [0.1, 0.15) is 5.82 Å². The number of nitrogens with one attached hydrogen (secondary N) is 2. The van der Waals surface area contributed by atoms with Crippen molar-refractivity contribution in [2.75, 3.05) is 29.6 Å². The van der Waals surface area contributed by atoms with Gasteiger partial charge in [-0.1, -0.05) is 12.1 Å². The first-order valence-electron chi connectivity index (χ1n) is 12.4. The first kappa shape index (κ1) is 27.9. The maximum Gasteiger partial charge on any atom is 0.573 e. The number of fused-ring (bicyclic) bond motifs is 2. The third kappa shape index (κ3) is 6.75. The van der Waals surface area contributed by atoms with E-state index in [1.165, 1.54) is 18.3 Å². The summed E-state index contributed by atoms with van der Waals surface area (Å²) >= 11 is 0. The second-order valence-electron chi connectivity index (χ2n) is 9.45. The highest BCUT2D eigenvalue weighted by Crippen LogP contribution is 2.50. The molecule has 13 heteroatoms. The van der Waals surface area contributed by atoms with Gasteiger partial charge < -0.3 is 19.9 Å². The Morgan fingerprint density at radius 2 is 1.98 bits per heavy atom. The summed E-state index contributed by atoms with van der Waals surface area (Å²) < 4.78 is 62.7. The Labute approximate surface area is 228 Å². The number of nitrogens with zero attached hydrogens (tertiary/aromatic N) is 2. The maximum atomic E-state index is 13.5. The van der Waals surface area contributed by atoms with Crippen molar-refractivity contribution in [1.82, 2.24) is 9.88 Å². The van der Waals surface area contributed by atoms with Gasteiger partial charge in [-0.3, -0.25) is 19.5 Å². The molecular weight excluding hydrogens is 551 g/mol. The Hall–Kier alpha value is -3.60. The van der Waals surface area contributed by atoms with Crippen LogP contribution in [0.4, 0.5) is 28.9 Å². The van der Waals surface area contributed by atoms with Crippen molar-refractivity contribution in [2.24, 2.45) is 0 Å². The molecular formula is C27H25F4N4O4P. The van der Waals surface area contributed by atoms with Crippen molar-refractivity contribution in [3.63, 3.8) is 0 Å². The summed E-state index contributed by atoms with van der Waals surface area (Å²) in [7, 11) is -0.634. The molecule has 0 radical (unpaired) electrons. The zero-order valence-electron chi connectivity index (χ0n) is 21.2. The standard InChI is InChI=1S/C27H25F4N4O4P/c1-16(35-14-21-9-10-40(15-35)39-21)25(36)34-23-12-18(5-8-24(23)38-27(29,30)31)26(37)33-20-6-7-22(32-13-20)17-3-2-4-19(28)11-17/h2-8,11-13,16,21H,9-10,14-15H2,1H3,(H,33,37)(H,34,36). The average Bonchev–Trinajstić information content (AvgIpc) is 3.25. The molecule has 1 aromatic heterocycles. The van der Waals surface area contributed by atoms with Crippen LogP contribution in [0.25, 0.3) is 11.3 Å². The van der Waals surface area contributed by atoms with Gasteiger partial charge in [0.05, 0.1) is 35.4 Å². The number of carbonyl (C=O) groups is 2. The number of alkyl halides is 3. The fourth-order valence-corrected chi connectivity index (χ4v) is 6.76. The van der Waals surface area contributed by atoms with Crippen LogP contribution in [-0.2, 0) is 9.32 Å². The molecule has 2 saturated heterocycles. The van der Waals surface area contributed by atoms with Gasteiger partial charge in [-0.25, -0.2) is 4.39 Å². The van der Waals surface area contributed by atoms with E-state index in [2.05, 4.69) is 20.4 Å². The second-order valence-corrected chi connectivity index (χ2v) is 11.4. The summed E-state index contributed by atoms with van der Waals surface area (Å²) in [6, 6.07) is 11.7. The fourth-order valence-electron chi connectivity index (χ4n) is 4.51. The van der Waals surface area contributed by atoms with E-state index in [9.17, 15) is 27.2 Å². The SMILES string of the molecule is CC(C(=O)Nc1cc(C(=O)Nc2ccc(-c3cccc(F)c3)nc2)ccc1OC(F)(F)F)N1CC2CCP(C1)O2. The van der Waals surface area contributed by atoms with E-state index in [4.69, 9.17) is 4.52 Å². The van der Waals surface area contributed by atoms with Crippen molar-refractivity contribution in [3.8, 4) is 17.0 Å². The predicted molar refractivity (Wildman–Crippen MR) is 142 cm³/mol. The number of halogens is 4. The molecule has 2 aromatic carbocycles. The molecule has 3 heterocycles. The molecule has 0 aliphatic carbocycles. The zero-order chi connectivity index (χ0) is 28.4. The minimum absolute atomic E-state index is 0.0143. The first-order valence-corrected chi connectivity index (χ1v) is 14.1. The number of carbonyl (C=O) groups excluding carboxylic acids is 2. The molecule has 40 heavy (non-hydrogen) atoms. The molecule has 8 nitrogen and oxygen atoms in total. The van der Waals surface area contributed by atoms with Crippen LogP contribution in [0.2, 0.25) is 0 Å². The summed E-state index contributed by atoms with van der Waals surface area (Å²) in [5.41, 5.74) is 1.05. The van der Waals surface area contributed by atoms with Crippen LogP contribution in [0.15, 0.2) is 60.8 Å². The molecule has 2 bridgehead atoms. The van der Waals surface area contributed by atoms with E-state index >= 15 is 0 Å². The van der Waals surface area contributed by atoms with E-state index < -0.39 is 43.9 Å². The third-order valence-electron chi connectivity index (χ3n) is 6.57. The number of hydrogen-bond acceptors (Lipinski definition) is 6. The Bertz CT molecular complexity index is 1390. The van der Waals surface area contributed by atoms with Crippen molar-refractivity contribution >= 4 is 31.3 Å². The predicted octanol–water partition coefficient (Wildman–Crippen LogP) is 5.82. The summed E-state index contributed by atoms with van der Waals surface area (Å²) in [5, 5.41) is 5.12. The number of ether oxygens (including phenoxy) is 1. The molecule has 2 amide bonds. The topological polar surface area (TPSA) is 92.8 Å². The van der Waals surface area contributed by atoms with Crippen molar-refractivity contribution < 1.29 is 36.4 Å². The van der Waals surface area contributed by atoms with E-state index in [-0.39, 0.29) is 17.4 Å². The number of hydrogen-bond donors (Lipinski definition) is 2. The largest absolute Gasteiger partial charge is 0.573 e. The van der Waals surface area contributed by atoms with Gasteiger partial charge in [0.15, 0.2) is 5.75 Å². The number of amides is 2. The van der Waals surface area contributed by atoms with Crippen LogP contribution < -0.4 is 15.4 Å². The summed E-state index contributed by atoms with van der Waals surface area (Å²) in [6.07, 6.45) is -1.06. The molecule has 3 aromatic rings. The molecule has 5 rings (SSSR count). The van der Waals surface area contributed by atoms with Gasteiger partial charge in [-0.2, -0.15) is 0 Å². The fraction of sp³-hybridized carbons (Fsp3) is 0.296. The minimum atomic E-state index is -5.00. The minimum Gasteiger partial charge on any atom is -0.404 e. The highest BCUT2D eigenvalue weighted by molar-refractivity contribution is 7.52. The van der Waals surface area contributed by atoms with Gasteiger partial charge >= 0.3 is 6.36 Å². The van der Waals surface area contributed by atoms with Crippen LogP contribution in [0.3, 0.4) is 0 Å². The smallest absolute Gasteiger partial charge is 0.404 e. The lowest BCUT2D eigenvalue weighted by Crippen LogP contribution is -2.46. The molecule has 210 valence electrons. The lowest BCUT2D eigenvalue weighted by atomic mass is 10.1. The van der Waals surface area contributed by atoms with Crippen LogP contribution >= 0.6 is 8.15 Å². The Kier molecular flexibility index (Phi) is 8.02. The molecule has 2 aliphatic heterocycles. The second kappa shape index (κ2) is 11.5. The molecule has 2 aliphatic rings. The molecule has 0 spiro atoms. The van der Waals surface area contributed by atoms with Crippen molar-refractivity contribution in [1.29, 1.82) is 0 Å². The lowest BCUT2D eigenvalue weighted by Gasteiger charge is -2.35. The zero-order valence-corrected chi connectivity index (χ0v) is 22.1. The summed E-state index contributed by atoms with van der Waals surface area (Å²) in [4.78, 5) is 32.2. The van der Waals surface area contributed by atoms with Crippen LogP contribution in [0.5, 0.6) is 5.75 Å². The highest BCUT2D eigenvalue weighted by atomic mass is 31.1. The van der Waals surface area contributed by atoms with E-state index in [1.807, 2.05) is 4.90 Å². The van der Waals surface area contributed by atoms with Gasteiger partial charge in [-0.15, -0.1) is 13.2 Å². The third-order valence-corrected chi connectivity index (χ3v) is 8.60. The average molecular weight is 576 g/mol. The van der Waals surface area contributed by atoms with E-state index in [0.29, 0.717) is 29.8 Å². The van der Waals surface area contributed by atoms with Crippen LogP contribution in [-0.4, -0.2) is 59.2 Å². The van der Waals surface area contributed by atoms with Crippen LogP contribution in [0.1, 0.15) is 23.7 Å². The van der Waals surface area contributed by atoms with Gasteiger partial charge in [-0.05, 0) is 62.0 Å². The lowest BCUT2D eigenvalue weighted by molar-refractivity contribution is -0.274. The maximum absolute atomic E-state index is 13.5. The first-order chi connectivity index (χ1) is 19.0. The number of benzene rings is 2. The van der Waals surface area contributed by atoms with Gasteiger partial charge in [0.2, 0.25) is 5.91 Å². The molecule has 0 saturated carbocycles. The normalized spacial score (nSPS) is 19.6. The van der Waals surface area contributed by atoms with Crippen molar-refractivity contribution in [3.05, 3.63) is 72.2 Å². The molecule has 2 fully saturated rings. The Balaban J connectivity index is 1.31. The number of anilines is 2. The monoisotopic (exact) mass is 576 g/mol. The van der Waals surface area contributed by atoms with Crippen LogP contribution in [0, 0.1) is 5.82 Å². The molecule has 3 atom stereocenters. The quantitative estimate of drug-likeness (QED) is 0.272. The number of rotatable bonds is 7. The van der Waals surface area contributed by atoms with E-state index in [1.54, 1.807) is 31.2 Å². The highest BCUT2D eigenvalue weighted by Gasteiger charge is 2.38. The van der Waals surface area contributed by atoms with Gasteiger partial charge in [0, 0.05) is 32.1 Å². The number of pyridine rings is 1. The van der Waals surface area contributed by atoms with Crippen molar-refractivity contribution in [2.45, 2.75) is 31.9 Å². The van der Waals surface area contributed by atoms with E-state index in [0.717, 1.165) is 30.8 Å². The Morgan fingerprint density at radius 1 is 1.15 bits per heavy atom. The number of aromatic nitrogens is 1.